The molecule has 2 aromatic rings. The molecule has 31 heavy (non-hydrogen) atoms. The summed E-state index contributed by atoms with van der Waals surface area (Å²) in [6.45, 7) is 1.76. The Bertz CT molecular complexity index is 986. The van der Waals surface area contributed by atoms with Crippen molar-refractivity contribution in [3.63, 3.8) is 0 Å². The van der Waals surface area contributed by atoms with Gasteiger partial charge in [-0.2, -0.15) is 0 Å². The van der Waals surface area contributed by atoms with Crippen molar-refractivity contribution in [3.05, 3.63) is 69.2 Å². The van der Waals surface area contributed by atoms with Gasteiger partial charge in [-0.05, 0) is 47.6 Å². The van der Waals surface area contributed by atoms with Gasteiger partial charge in [0, 0.05) is 16.0 Å². The van der Waals surface area contributed by atoms with Crippen molar-refractivity contribution in [2.24, 2.45) is 0 Å². The molecule has 1 spiro atoms. The molecule has 5 atom stereocenters. The minimum atomic E-state index is -1.66. The molecular formula is C24H27ClO6. The molecule has 0 amide bonds. The third-order valence-corrected chi connectivity index (χ3v) is 7.48. The summed E-state index contributed by atoms with van der Waals surface area (Å²) < 4.78 is 11.9. The Balaban J connectivity index is 1.62. The molecule has 1 saturated heterocycles. The van der Waals surface area contributed by atoms with Gasteiger partial charge in [0.05, 0.1) is 13.2 Å². The average molecular weight is 447 g/mol. The summed E-state index contributed by atoms with van der Waals surface area (Å²) in [6.07, 6.45) is -2.67. The average Bonchev–Trinajstić information content (AvgIpc) is 3.51. The molecule has 1 saturated carbocycles. The fourth-order valence-corrected chi connectivity index (χ4v) is 5.58. The zero-order valence-corrected chi connectivity index (χ0v) is 18.0. The predicted molar refractivity (Wildman–Crippen MR) is 114 cm³/mol. The number of aliphatic hydroxyl groups is 4. The second kappa shape index (κ2) is 7.52. The van der Waals surface area contributed by atoms with E-state index < -0.39 is 36.8 Å². The second-order valence-electron chi connectivity index (χ2n) is 8.80. The lowest BCUT2D eigenvalue weighted by Crippen LogP contribution is -2.63. The van der Waals surface area contributed by atoms with E-state index in [1.807, 2.05) is 0 Å². The van der Waals surface area contributed by atoms with Gasteiger partial charge in [-0.3, -0.25) is 0 Å². The first kappa shape index (κ1) is 21.3. The van der Waals surface area contributed by atoms with Crippen molar-refractivity contribution >= 4 is 11.6 Å². The van der Waals surface area contributed by atoms with Gasteiger partial charge in [0.1, 0.15) is 24.4 Å². The van der Waals surface area contributed by atoms with Crippen LogP contribution >= 0.6 is 11.6 Å². The van der Waals surface area contributed by atoms with E-state index >= 15 is 0 Å². The van der Waals surface area contributed by atoms with Crippen LogP contribution < -0.4 is 0 Å². The number of fused-ring (bicyclic) bond motifs is 2. The summed E-state index contributed by atoms with van der Waals surface area (Å²) in [5.74, 6) is -1.66. The largest absolute Gasteiger partial charge is 0.394 e. The van der Waals surface area contributed by atoms with E-state index in [1.165, 1.54) is 11.1 Å². The number of aliphatic hydroxyl groups excluding tert-OH is 4. The van der Waals surface area contributed by atoms with Crippen LogP contribution in [0.1, 0.15) is 47.6 Å². The van der Waals surface area contributed by atoms with Crippen molar-refractivity contribution in [2.75, 3.05) is 6.61 Å². The van der Waals surface area contributed by atoms with Gasteiger partial charge in [0.25, 0.3) is 0 Å². The van der Waals surface area contributed by atoms with Crippen LogP contribution in [0.3, 0.4) is 0 Å². The first-order valence-corrected chi connectivity index (χ1v) is 11.1. The molecule has 7 heteroatoms. The lowest BCUT2D eigenvalue weighted by atomic mass is 9.81. The third-order valence-electron chi connectivity index (χ3n) is 7.16. The van der Waals surface area contributed by atoms with Gasteiger partial charge in [0.2, 0.25) is 5.79 Å². The smallest absolute Gasteiger partial charge is 0.225 e. The highest BCUT2D eigenvalue weighted by Crippen LogP contribution is 2.59. The molecule has 0 aromatic heterocycles. The predicted octanol–water partition coefficient (Wildman–Crippen LogP) is 2.14. The monoisotopic (exact) mass is 446 g/mol. The van der Waals surface area contributed by atoms with Crippen molar-refractivity contribution in [1.82, 2.24) is 0 Å². The van der Waals surface area contributed by atoms with Crippen molar-refractivity contribution < 1.29 is 29.9 Å². The molecule has 166 valence electrons. The van der Waals surface area contributed by atoms with Crippen LogP contribution in [0.4, 0.5) is 0 Å². The number of halogens is 1. The zero-order chi connectivity index (χ0) is 22.0. The Kier molecular flexibility index (Phi) is 5.18. The van der Waals surface area contributed by atoms with Gasteiger partial charge in [-0.15, -0.1) is 0 Å². The standard InChI is InChI=1S/C24H27ClO6/c1-2-13-3-5-14(6-4-13)23(9-10-23)19-15-12-30-24(16(15)7-8-17(19)25)22(29)21(28)20(27)18(11-26)31-24/h3-8,18,20-22,26-29H,2,9-12H2,1H3/t18-,20-,21+,22-,24+/m1/s1. The number of hydrogen-bond donors (Lipinski definition) is 4. The third kappa shape index (κ3) is 3.01. The lowest BCUT2D eigenvalue weighted by Gasteiger charge is -2.46. The number of ether oxygens (including phenoxy) is 2. The van der Waals surface area contributed by atoms with Crippen LogP contribution in [-0.2, 0) is 33.7 Å². The summed E-state index contributed by atoms with van der Waals surface area (Å²) in [6, 6.07) is 12.1. The topological polar surface area (TPSA) is 99.4 Å². The molecule has 0 unspecified atom stereocenters. The van der Waals surface area contributed by atoms with E-state index in [0.29, 0.717) is 10.6 Å². The first-order chi connectivity index (χ1) is 14.9. The van der Waals surface area contributed by atoms with Crippen LogP contribution in [0.5, 0.6) is 0 Å². The number of hydrogen-bond acceptors (Lipinski definition) is 6. The Morgan fingerprint density at radius 1 is 1.03 bits per heavy atom. The van der Waals surface area contributed by atoms with Crippen LogP contribution in [0.15, 0.2) is 36.4 Å². The van der Waals surface area contributed by atoms with Crippen LogP contribution in [-0.4, -0.2) is 51.4 Å². The Labute approximate surface area is 186 Å². The molecule has 1 aliphatic carbocycles. The van der Waals surface area contributed by atoms with E-state index in [2.05, 4.69) is 31.2 Å². The van der Waals surface area contributed by atoms with Gasteiger partial charge >= 0.3 is 0 Å². The molecule has 2 fully saturated rings. The van der Waals surface area contributed by atoms with E-state index in [-0.39, 0.29) is 12.0 Å². The van der Waals surface area contributed by atoms with E-state index in [0.717, 1.165) is 30.4 Å². The van der Waals surface area contributed by atoms with Gasteiger partial charge in [-0.25, -0.2) is 0 Å². The highest BCUT2D eigenvalue weighted by molar-refractivity contribution is 6.31. The number of rotatable bonds is 4. The van der Waals surface area contributed by atoms with E-state index in [1.54, 1.807) is 12.1 Å². The SMILES string of the molecule is CCc1ccc(C2(c3c(Cl)ccc4c3CO[C@]43O[C@H](CO)[C@@H](O)[C@H](O)[C@H]3O)CC2)cc1. The Morgan fingerprint density at radius 3 is 2.35 bits per heavy atom. The fraction of sp³-hybridized carbons (Fsp3) is 0.500. The molecular weight excluding hydrogens is 420 g/mol. The highest BCUT2D eigenvalue weighted by atomic mass is 35.5. The minimum Gasteiger partial charge on any atom is -0.394 e. The Hall–Kier alpha value is -1.51. The lowest BCUT2D eigenvalue weighted by molar-refractivity contribution is -0.368. The van der Waals surface area contributed by atoms with Crippen LogP contribution in [0.25, 0.3) is 0 Å². The summed E-state index contributed by atoms with van der Waals surface area (Å²) in [5, 5.41) is 41.7. The number of aryl methyl sites for hydroxylation is 1. The van der Waals surface area contributed by atoms with Gasteiger partial charge < -0.3 is 29.9 Å². The highest BCUT2D eigenvalue weighted by Gasteiger charge is 2.60. The van der Waals surface area contributed by atoms with Gasteiger partial charge in [-0.1, -0.05) is 48.9 Å². The van der Waals surface area contributed by atoms with Gasteiger partial charge in [0.15, 0.2) is 0 Å². The van der Waals surface area contributed by atoms with Crippen molar-refractivity contribution in [3.8, 4) is 0 Å². The molecule has 6 nitrogen and oxygen atoms in total. The maximum Gasteiger partial charge on any atom is 0.225 e. The molecule has 3 aliphatic rings. The fourth-order valence-electron chi connectivity index (χ4n) is 5.22. The maximum absolute atomic E-state index is 10.8. The zero-order valence-electron chi connectivity index (χ0n) is 17.3. The molecule has 2 heterocycles. The summed E-state index contributed by atoms with van der Waals surface area (Å²) in [5.41, 5.74) is 4.62. The van der Waals surface area contributed by atoms with E-state index in [4.69, 9.17) is 21.1 Å². The quantitative estimate of drug-likeness (QED) is 0.574. The summed E-state index contributed by atoms with van der Waals surface area (Å²) in [7, 11) is 0. The summed E-state index contributed by atoms with van der Waals surface area (Å²) in [4.78, 5) is 0. The first-order valence-electron chi connectivity index (χ1n) is 10.8. The second-order valence-corrected chi connectivity index (χ2v) is 9.21. The van der Waals surface area contributed by atoms with Crippen LogP contribution in [0.2, 0.25) is 5.02 Å². The molecule has 0 bridgehead atoms. The number of benzene rings is 2. The van der Waals surface area contributed by atoms with Crippen LogP contribution in [0, 0.1) is 0 Å². The molecule has 2 aromatic carbocycles. The van der Waals surface area contributed by atoms with Crippen molar-refractivity contribution in [1.29, 1.82) is 0 Å². The van der Waals surface area contributed by atoms with Crippen molar-refractivity contribution in [2.45, 2.75) is 68.4 Å². The molecule has 5 rings (SSSR count). The Morgan fingerprint density at radius 2 is 1.74 bits per heavy atom. The normalized spacial score (nSPS) is 33.5. The molecule has 2 aliphatic heterocycles. The van der Waals surface area contributed by atoms with E-state index in [9.17, 15) is 20.4 Å². The molecule has 4 N–H and O–H groups in total. The minimum absolute atomic E-state index is 0.151. The molecule has 0 radical (unpaired) electrons. The summed E-state index contributed by atoms with van der Waals surface area (Å²) >= 11 is 6.72. The maximum atomic E-state index is 10.8.